The fraction of sp³-hybridized carbons (Fsp3) is 0.133. The Morgan fingerprint density at radius 1 is 1.05 bits per heavy atom. The molecule has 3 rings (SSSR count). The van der Waals surface area contributed by atoms with E-state index >= 15 is 0 Å². The van der Waals surface area contributed by atoms with E-state index in [1.165, 1.54) is 5.69 Å². The van der Waals surface area contributed by atoms with Gasteiger partial charge in [-0.05, 0) is 43.3 Å². The molecule has 0 amide bonds. The van der Waals surface area contributed by atoms with E-state index in [2.05, 4.69) is 28.6 Å². The van der Waals surface area contributed by atoms with Crippen LogP contribution in [0.25, 0.3) is 16.9 Å². The number of imidazole rings is 1. The highest BCUT2D eigenvalue weighted by molar-refractivity contribution is 8.93. The number of aryl methyl sites for hydroxylation is 1. The fourth-order valence-electron chi connectivity index (χ4n) is 2.05. The van der Waals surface area contributed by atoms with Crippen molar-refractivity contribution in [3.05, 3.63) is 54.4 Å². The number of ether oxygens (including phenoxy) is 1. The van der Waals surface area contributed by atoms with Crippen LogP contribution in [0.3, 0.4) is 0 Å². The molecule has 0 fully saturated rings. The van der Waals surface area contributed by atoms with E-state index in [1.807, 2.05) is 36.4 Å². The summed E-state index contributed by atoms with van der Waals surface area (Å²) in [4.78, 5) is 4.62. The number of benzene rings is 1. The molecule has 98 valence electrons. The second-order valence-corrected chi connectivity index (χ2v) is 4.25. The molecule has 2 aromatic heterocycles. The van der Waals surface area contributed by atoms with Gasteiger partial charge in [-0.15, -0.1) is 17.0 Å². The van der Waals surface area contributed by atoms with E-state index in [4.69, 9.17) is 4.74 Å². The van der Waals surface area contributed by atoms with Crippen molar-refractivity contribution in [1.82, 2.24) is 9.38 Å². The fourth-order valence-corrected chi connectivity index (χ4v) is 2.05. The van der Waals surface area contributed by atoms with Gasteiger partial charge >= 0.3 is 0 Å². The highest BCUT2D eigenvalue weighted by Gasteiger charge is 2.05. The molecule has 1 aromatic carbocycles. The third-order valence-electron chi connectivity index (χ3n) is 3.08. The van der Waals surface area contributed by atoms with E-state index in [-0.39, 0.29) is 17.0 Å². The summed E-state index contributed by atoms with van der Waals surface area (Å²) in [7, 11) is 1.67. The number of nitrogens with zero attached hydrogens (tertiary/aromatic N) is 2. The summed E-state index contributed by atoms with van der Waals surface area (Å²) < 4.78 is 7.25. The van der Waals surface area contributed by atoms with Crippen molar-refractivity contribution >= 4 is 22.6 Å². The van der Waals surface area contributed by atoms with Gasteiger partial charge in [0, 0.05) is 17.5 Å². The van der Waals surface area contributed by atoms with Crippen molar-refractivity contribution in [3.8, 4) is 17.0 Å². The van der Waals surface area contributed by atoms with Gasteiger partial charge < -0.3 is 9.14 Å². The molecule has 4 heteroatoms. The maximum atomic E-state index is 5.16. The summed E-state index contributed by atoms with van der Waals surface area (Å²) in [6, 6.07) is 14.1. The third kappa shape index (κ3) is 2.49. The van der Waals surface area contributed by atoms with Gasteiger partial charge in [0.15, 0.2) is 0 Å². The van der Waals surface area contributed by atoms with Crippen molar-refractivity contribution in [2.75, 3.05) is 7.11 Å². The lowest BCUT2D eigenvalue weighted by Crippen LogP contribution is -1.86. The number of hydrogen-bond acceptors (Lipinski definition) is 2. The summed E-state index contributed by atoms with van der Waals surface area (Å²) in [6.45, 7) is 2.08. The number of hydrogen-bond donors (Lipinski definition) is 0. The van der Waals surface area contributed by atoms with E-state index in [0.29, 0.717) is 0 Å². The predicted molar refractivity (Wildman–Crippen MR) is 82.2 cm³/mol. The van der Waals surface area contributed by atoms with Crippen molar-refractivity contribution in [3.63, 3.8) is 0 Å². The van der Waals surface area contributed by atoms with Crippen molar-refractivity contribution in [2.45, 2.75) is 6.92 Å². The van der Waals surface area contributed by atoms with Crippen LogP contribution in [0.5, 0.6) is 5.75 Å². The van der Waals surface area contributed by atoms with E-state index < -0.39 is 0 Å². The monoisotopic (exact) mass is 318 g/mol. The molecule has 0 aliphatic carbocycles. The van der Waals surface area contributed by atoms with Gasteiger partial charge in [0.05, 0.1) is 12.8 Å². The van der Waals surface area contributed by atoms with Gasteiger partial charge in [0.2, 0.25) is 0 Å². The molecule has 3 aromatic rings. The SMILES string of the molecule is Br.COc1ccc(-c2cn3c(C)cccc3n2)cc1. The highest BCUT2D eigenvalue weighted by atomic mass is 79.9. The lowest BCUT2D eigenvalue weighted by molar-refractivity contribution is 0.415. The molecule has 0 N–H and O–H groups in total. The molecule has 19 heavy (non-hydrogen) atoms. The Hall–Kier alpha value is -1.81. The van der Waals surface area contributed by atoms with Gasteiger partial charge in [-0.3, -0.25) is 0 Å². The number of pyridine rings is 1. The van der Waals surface area contributed by atoms with Crippen LogP contribution in [0.1, 0.15) is 5.69 Å². The minimum Gasteiger partial charge on any atom is -0.497 e. The normalized spacial score (nSPS) is 10.2. The second-order valence-electron chi connectivity index (χ2n) is 4.25. The molecule has 3 nitrogen and oxygen atoms in total. The van der Waals surface area contributed by atoms with Crippen molar-refractivity contribution in [2.24, 2.45) is 0 Å². The lowest BCUT2D eigenvalue weighted by atomic mass is 10.2. The minimum absolute atomic E-state index is 0. The Kier molecular flexibility index (Phi) is 3.90. The maximum absolute atomic E-state index is 5.16. The molecular weight excluding hydrogens is 304 g/mol. The second kappa shape index (κ2) is 5.45. The number of methoxy groups -OCH3 is 1. The summed E-state index contributed by atoms with van der Waals surface area (Å²) in [6.07, 6.45) is 2.06. The molecule has 0 aliphatic rings. The quantitative estimate of drug-likeness (QED) is 0.716. The molecule has 0 aliphatic heterocycles. The Morgan fingerprint density at radius 2 is 1.79 bits per heavy atom. The van der Waals surface area contributed by atoms with E-state index in [9.17, 15) is 0 Å². The van der Waals surface area contributed by atoms with Crippen LogP contribution in [0.4, 0.5) is 0 Å². The summed E-state index contributed by atoms with van der Waals surface area (Å²) in [5, 5.41) is 0. The molecule has 0 bridgehead atoms. The van der Waals surface area contributed by atoms with Crippen LogP contribution in [-0.4, -0.2) is 16.5 Å². The first kappa shape index (κ1) is 13.6. The van der Waals surface area contributed by atoms with Gasteiger partial charge in [-0.1, -0.05) is 6.07 Å². The van der Waals surface area contributed by atoms with Crippen LogP contribution >= 0.6 is 17.0 Å². The number of halogens is 1. The summed E-state index contributed by atoms with van der Waals surface area (Å²) in [5.41, 5.74) is 4.23. The van der Waals surface area contributed by atoms with E-state index in [0.717, 1.165) is 22.7 Å². The van der Waals surface area contributed by atoms with Gasteiger partial charge in [0.1, 0.15) is 11.4 Å². The first-order chi connectivity index (χ1) is 8.78. The lowest BCUT2D eigenvalue weighted by Gasteiger charge is -2.00. The van der Waals surface area contributed by atoms with Crippen molar-refractivity contribution < 1.29 is 4.74 Å². The molecule has 0 radical (unpaired) electrons. The average molecular weight is 319 g/mol. The Bertz CT molecular complexity index is 689. The molecule has 0 spiro atoms. The number of rotatable bonds is 2. The standard InChI is InChI=1S/C15H14N2O.BrH/c1-11-4-3-5-15-16-14(10-17(11)15)12-6-8-13(18-2)9-7-12;/h3-10H,1-2H3;1H. The molecule has 0 saturated carbocycles. The Labute approximate surface area is 122 Å². The third-order valence-corrected chi connectivity index (χ3v) is 3.08. The summed E-state index contributed by atoms with van der Waals surface area (Å²) in [5.74, 6) is 0.860. The molecule has 0 atom stereocenters. The molecule has 0 unspecified atom stereocenters. The van der Waals surface area contributed by atoms with Crippen LogP contribution in [0, 0.1) is 6.92 Å². The van der Waals surface area contributed by atoms with Gasteiger partial charge in [-0.2, -0.15) is 0 Å². The van der Waals surface area contributed by atoms with Gasteiger partial charge in [-0.25, -0.2) is 4.98 Å². The van der Waals surface area contributed by atoms with Crippen molar-refractivity contribution in [1.29, 1.82) is 0 Å². The first-order valence-corrected chi connectivity index (χ1v) is 5.87. The molecule has 2 heterocycles. The zero-order chi connectivity index (χ0) is 12.5. The highest BCUT2D eigenvalue weighted by Crippen LogP contribution is 2.22. The zero-order valence-electron chi connectivity index (χ0n) is 10.8. The average Bonchev–Trinajstić information content (AvgIpc) is 2.84. The largest absolute Gasteiger partial charge is 0.497 e. The Balaban J connectivity index is 0.00000133. The number of fused-ring (bicyclic) bond motifs is 1. The van der Waals surface area contributed by atoms with Crippen LogP contribution in [0.15, 0.2) is 48.7 Å². The predicted octanol–water partition coefficient (Wildman–Crippen LogP) is 3.90. The smallest absolute Gasteiger partial charge is 0.137 e. The van der Waals surface area contributed by atoms with Crippen LogP contribution < -0.4 is 4.74 Å². The number of aromatic nitrogens is 2. The van der Waals surface area contributed by atoms with Gasteiger partial charge in [0.25, 0.3) is 0 Å². The first-order valence-electron chi connectivity index (χ1n) is 5.87. The topological polar surface area (TPSA) is 26.5 Å². The minimum atomic E-state index is 0. The zero-order valence-corrected chi connectivity index (χ0v) is 12.5. The van der Waals surface area contributed by atoms with Crippen LogP contribution in [0.2, 0.25) is 0 Å². The van der Waals surface area contributed by atoms with Crippen LogP contribution in [-0.2, 0) is 0 Å². The molecule has 0 saturated heterocycles. The molecular formula is C15H15BrN2O. The van der Waals surface area contributed by atoms with E-state index in [1.54, 1.807) is 7.11 Å². The summed E-state index contributed by atoms with van der Waals surface area (Å²) >= 11 is 0. The maximum Gasteiger partial charge on any atom is 0.137 e. The Morgan fingerprint density at radius 3 is 2.42 bits per heavy atom.